The molecular formula is C19H22N2O2S. The second kappa shape index (κ2) is 8.11. The number of amides is 2. The quantitative estimate of drug-likeness (QED) is 0.869. The Morgan fingerprint density at radius 2 is 2.00 bits per heavy atom. The summed E-state index contributed by atoms with van der Waals surface area (Å²) >= 11 is 1.85. The molecule has 0 spiro atoms. The summed E-state index contributed by atoms with van der Waals surface area (Å²) in [4.78, 5) is 13.5. The fourth-order valence-corrected chi connectivity index (χ4v) is 4.05. The van der Waals surface area contributed by atoms with Crippen molar-refractivity contribution in [2.75, 3.05) is 19.4 Å². The molecular weight excluding hydrogens is 320 g/mol. The minimum Gasteiger partial charge on any atom is -0.496 e. The monoisotopic (exact) mass is 342 g/mol. The average Bonchev–Trinajstić information content (AvgIpc) is 2.62. The van der Waals surface area contributed by atoms with Gasteiger partial charge in [-0.3, -0.25) is 0 Å². The third kappa shape index (κ3) is 4.03. The number of carbonyl (C=O) groups is 1. The molecule has 0 saturated heterocycles. The van der Waals surface area contributed by atoms with E-state index in [1.807, 2.05) is 48.2 Å². The van der Waals surface area contributed by atoms with E-state index in [-0.39, 0.29) is 12.1 Å². The normalized spacial score (nSPS) is 16.1. The fourth-order valence-electron chi connectivity index (χ4n) is 2.92. The van der Waals surface area contributed by atoms with Crippen molar-refractivity contribution >= 4 is 17.8 Å². The maximum absolute atomic E-state index is 12.2. The molecule has 0 aromatic heterocycles. The van der Waals surface area contributed by atoms with Gasteiger partial charge in [-0.2, -0.15) is 0 Å². The fraction of sp³-hybridized carbons (Fsp3) is 0.316. The number of nitrogens with one attached hydrogen (secondary N) is 2. The summed E-state index contributed by atoms with van der Waals surface area (Å²) in [5.41, 5.74) is 2.31. The predicted molar refractivity (Wildman–Crippen MR) is 97.8 cm³/mol. The van der Waals surface area contributed by atoms with E-state index in [1.54, 1.807) is 7.11 Å². The molecule has 2 aromatic rings. The first-order valence-electron chi connectivity index (χ1n) is 8.16. The van der Waals surface area contributed by atoms with Gasteiger partial charge >= 0.3 is 6.03 Å². The van der Waals surface area contributed by atoms with Crippen LogP contribution in [0.25, 0.3) is 0 Å². The SMILES string of the molecule is COc1ccccc1CCNC(=O)N[C@@H]1CCSc2ccccc21. The molecule has 1 atom stereocenters. The van der Waals surface area contributed by atoms with Crippen LogP contribution >= 0.6 is 11.8 Å². The van der Waals surface area contributed by atoms with E-state index in [9.17, 15) is 4.79 Å². The van der Waals surface area contributed by atoms with Gasteiger partial charge < -0.3 is 15.4 Å². The topological polar surface area (TPSA) is 50.4 Å². The van der Waals surface area contributed by atoms with Crippen molar-refractivity contribution < 1.29 is 9.53 Å². The molecule has 0 fully saturated rings. The van der Waals surface area contributed by atoms with Gasteiger partial charge in [0, 0.05) is 17.2 Å². The van der Waals surface area contributed by atoms with E-state index in [4.69, 9.17) is 4.74 Å². The molecule has 0 saturated carbocycles. The van der Waals surface area contributed by atoms with Crippen LogP contribution in [0, 0.1) is 0 Å². The van der Waals surface area contributed by atoms with E-state index in [0.29, 0.717) is 6.54 Å². The number of para-hydroxylation sites is 1. The summed E-state index contributed by atoms with van der Waals surface area (Å²) in [6.07, 6.45) is 1.70. The molecule has 0 aliphatic carbocycles. The number of thioether (sulfide) groups is 1. The molecule has 4 nitrogen and oxygen atoms in total. The predicted octanol–water partition coefficient (Wildman–Crippen LogP) is 3.77. The summed E-state index contributed by atoms with van der Waals surface area (Å²) in [5, 5.41) is 6.04. The average molecular weight is 342 g/mol. The zero-order valence-electron chi connectivity index (χ0n) is 13.7. The van der Waals surface area contributed by atoms with E-state index in [0.717, 1.165) is 29.9 Å². The third-order valence-electron chi connectivity index (χ3n) is 4.14. The van der Waals surface area contributed by atoms with Crippen LogP contribution in [-0.4, -0.2) is 25.4 Å². The molecule has 5 heteroatoms. The molecule has 126 valence electrons. The molecule has 2 aromatic carbocycles. The summed E-state index contributed by atoms with van der Waals surface area (Å²) < 4.78 is 5.33. The first kappa shape index (κ1) is 16.7. The second-order valence-corrected chi connectivity index (χ2v) is 6.83. The van der Waals surface area contributed by atoms with Gasteiger partial charge in [-0.1, -0.05) is 36.4 Å². The van der Waals surface area contributed by atoms with Crippen molar-refractivity contribution in [2.45, 2.75) is 23.8 Å². The van der Waals surface area contributed by atoms with Crippen LogP contribution in [-0.2, 0) is 6.42 Å². The summed E-state index contributed by atoms with van der Waals surface area (Å²) in [6, 6.07) is 16.1. The Morgan fingerprint density at radius 1 is 1.21 bits per heavy atom. The van der Waals surface area contributed by atoms with E-state index < -0.39 is 0 Å². The number of benzene rings is 2. The highest BCUT2D eigenvalue weighted by atomic mass is 32.2. The Labute approximate surface area is 147 Å². The molecule has 2 amide bonds. The highest BCUT2D eigenvalue weighted by Gasteiger charge is 2.21. The van der Waals surface area contributed by atoms with Crippen molar-refractivity contribution in [2.24, 2.45) is 0 Å². The first-order chi connectivity index (χ1) is 11.8. The van der Waals surface area contributed by atoms with Crippen LogP contribution in [0.1, 0.15) is 23.6 Å². The highest BCUT2D eigenvalue weighted by molar-refractivity contribution is 7.99. The Bertz CT molecular complexity index is 705. The summed E-state index contributed by atoms with van der Waals surface area (Å²) in [7, 11) is 1.66. The highest BCUT2D eigenvalue weighted by Crippen LogP contribution is 2.35. The van der Waals surface area contributed by atoms with Crippen LogP contribution in [0.3, 0.4) is 0 Å². The van der Waals surface area contributed by atoms with Gasteiger partial charge in [0.2, 0.25) is 0 Å². The largest absolute Gasteiger partial charge is 0.496 e. The number of fused-ring (bicyclic) bond motifs is 1. The number of carbonyl (C=O) groups excluding carboxylic acids is 1. The summed E-state index contributed by atoms with van der Waals surface area (Å²) in [6.45, 7) is 0.579. The molecule has 0 radical (unpaired) electrons. The van der Waals surface area contributed by atoms with Gasteiger partial charge in [0.15, 0.2) is 0 Å². The number of urea groups is 1. The molecule has 0 bridgehead atoms. The Hall–Kier alpha value is -2.14. The van der Waals surface area contributed by atoms with E-state index >= 15 is 0 Å². The minimum absolute atomic E-state index is 0.0914. The Morgan fingerprint density at radius 3 is 2.88 bits per heavy atom. The lowest BCUT2D eigenvalue weighted by Crippen LogP contribution is -2.39. The lowest BCUT2D eigenvalue weighted by molar-refractivity contribution is 0.236. The number of methoxy groups -OCH3 is 1. The molecule has 2 N–H and O–H groups in total. The van der Waals surface area contributed by atoms with Crippen molar-refractivity contribution in [1.82, 2.24) is 10.6 Å². The lowest BCUT2D eigenvalue weighted by Gasteiger charge is -2.26. The van der Waals surface area contributed by atoms with Crippen LogP contribution in [0.4, 0.5) is 4.79 Å². The molecule has 24 heavy (non-hydrogen) atoms. The number of rotatable bonds is 5. The maximum Gasteiger partial charge on any atom is 0.315 e. The van der Waals surface area contributed by atoms with Gasteiger partial charge in [0.05, 0.1) is 13.2 Å². The minimum atomic E-state index is -0.114. The van der Waals surface area contributed by atoms with Crippen LogP contribution in [0.15, 0.2) is 53.4 Å². The van der Waals surface area contributed by atoms with Crippen molar-refractivity contribution in [3.63, 3.8) is 0 Å². The molecule has 1 aliphatic rings. The van der Waals surface area contributed by atoms with Gasteiger partial charge in [0.1, 0.15) is 5.75 Å². The molecule has 0 unspecified atom stereocenters. The number of ether oxygens (including phenoxy) is 1. The molecule has 1 heterocycles. The standard InChI is InChI=1S/C19H22N2O2S/c1-23-17-8-4-2-6-14(17)10-12-20-19(22)21-16-11-13-24-18-9-5-3-7-15(16)18/h2-9,16H,10-13H2,1H3,(H2,20,21,22)/t16-/m1/s1. The Balaban J connectivity index is 1.52. The second-order valence-electron chi connectivity index (χ2n) is 5.69. The van der Waals surface area contributed by atoms with Crippen LogP contribution in [0.5, 0.6) is 5.75 Å². The van der Waals surface area contributed by atoms with Crippen LogP contribution < -0.4 is 15.4 Å². The van der Waals surface area contributed by atoms with Gasteiger partial charge in [-0.05, 0) is 36.1 Å². The zero-order valence-corrected chi connectivity index (χ0v) is 14.6. The van der Waals surface area contributed by atoms with Gasteiger partial charge in [-0.25, -0.2) is 4.79 Å². The maximum atomic E-state index is 12.2. The Kier molecular flexibility index (Phi) is 5.64. The van der Waals surface area contributed by atoms with Gasteiger partial charge in [-0.15, -0.1) is 11.8 Å². The lowest BCUT2D eigenvalue weighted by atomic mass is 10.0. The van der Waals surface area contributed by atoms with Gasteiger partial charge in [0.25, 0.3) is 0 Å². The zero-order chi connectivity index (χ0) is 16.8. The molecule has 1 aliphatic heterocycles. The van der Waals surface area contributed by atoms with Crippen LogP contribution in [0.2, 0.25) is 0 Å². The van der Waals surface area contributed by atoms with Crippen molar-refractivity contribution in [1.29, 1.82) is 0 Å². The first-order valence-corrected chi connectivity index (χ1v) is 9.14. The molecule has 3 rings (SSSR count). The number of hydrogen-bond acceptors (Lipinski definition) is 3. The van der Waals surface area contributed by atoms with Crippen molar-refractivity contribution in [3.05, 3.63) is 59.7 Å². The van der Waals surface area contributed by atoms with E-state index in [2.05, 4.69) is 22.8 Å². The van der Waals surface area contributed by atoms with Crippen molar-refractivity contribution in [3.8, 4) is 5.75 Å². The number of hydrogen-bond donors (Lipinski definition) is 2. The smallest absolute Gasteiger partial charge is 0.315 e. The summed E-state index contributed by atoms with van der Waals surface area (Å²) in [5.74, 6) is 1.89. The van der Waals surface area contributed by atoms with E-state index in [1.165, 1.54) is 10.5 Å². The third-order valence-corrected chi connectivity index (χ3v) is 5.26.